The van der Waals surface area contributed by atoms with E-state index in [0.717, 1.165) is 16.7 Å². The van der Waals surface area contributed by atoms with Gasteiger partial charge in [0.25, 0.3) is 0 Å². The first-order chi connectivity index (χ1) is 20.1. The molecule has 0 spiro atoms. The minimum atomic E-state index is -0.715. The molecule has 0 aliphatic heterocycles. The molecule has 10 heteroatoms. The largest absolute Gasteiger partial charge is 0.482 e. The fourth-order valence-corrected chi connectivity index (χ4v) is 4.70. The molecule has 1 atom stereocenters. The van der Waals surface area contributed by atoms with E-state index in [2.05, 4.69) is 19.2 Å². The lowest BCUT2D eigenvalue weighted by molar-refractivity contribution is -0.146. The molecule has 0 saturated heterocycles. The van der Waals surface area contributed by atoms with Gasteiger partial charge >= 0.3 is 11.9 Å². The van der Waals surface area contributed by atoms with E-state index in [1.165, 1.54) is 0 Å². The third kappa shape index (κ3) is 12.1. The van der Waals surface area contributed by atoms with Crippen LogP contribution in [0.5, 0.6) is 11.5 Å². The summed E-state index contributed by atoms with van der Waals surface area (Å²) in [5.74, 6) is 0.259. The number of carbonyl (C=O) groups excluding carboxylic acids is 2. The highest BCUT2D eigenvalue weighted by Crippen LogP contribution is 2.35. The summed E-state index contributed by atoms with van der Waals surface area (Å²) in [6.45, 7) is 8.33. The Balaban J connectivity index is 0.00000645. The van der Waals surface area contributed by atoms with Crippen LogP contribution in [0.1, 0.15) is 62.8 Å². The van der Waals surface area contributed by atoms with Crippen molar-refractivity contribution in [3.8, 4) is 11.5 Å². The second kappa shape index (κ2) is 17.7. The van der Waals surface area contributed by atoms with E-state index in [9.17, 15) is 14.7 Å². The Morgan fingerprint density at radius 1 is 0.814 bits per heavy atom. The van der Waals surface area contributed by atoms with Gasteiger partial charge in [0.2, 0.25) is 0 Å². The van der Waals surface area contributed by atoms with Crippen molar-refractivity contribution in [3.05, 3.63) is 94.5 Å². The number of carbonyl (C=O) groups is 2. The number of halogens is 2. The molecule has 0 amide bonds. The van der Waals surface area contributed by atoms with Crippen LogP contribution in [0, 0.1) is 0 Å². The number of ether oxygens (including phenoxy) is 4. The topological polar surface area (TPSA) is 103 Å². The Morgan fingerprint density at radius 3 is 1.74 bits per heavy atom. The quantitative estimate of drug-likeness (QED) is 0.178. The summed E-state index contributed by atoms with van der Waals surface area (Å²) >= 11 is 6.11. The summed E-state index contributed by atoms with van der Waals surface area (Å²) in [7, 11) is 0. The molecule has 0 aromatic heterocycles. The van der Waals surface area contributed by atoms with Crippen molar-refractivity contribution in [2.75, 3.05) is 33.0 Å². The predicted octanol–water partition coefficient (Wildman–Crippen LogP) is 6.27. The first-order valence-corrected chi connectivity index (χ1v) is 14.4. The summed E-state index contributed by atoms with van der Waals surface area (Å²) in [5, 5.41) is 14.9. The zero-order chi connectivity index (χ0) is 30.5. The molecular formula is C33H41Cl2NO7. The highest BCUT2D eigenvalue weighted by atomic mass is 35.5. The van der Waals surface area contributed by atoms with Crippen LogP contribution in [0.15, 0.2) is 72.8 Å². The molecule has 3 rings (SSSR count). The number of benzene rings is 3. The first kappa shape index (κ1) is 35.9. The molecule has 0 bridgehead atoms. The maximum Gasteiger partial charge on any atom is 0.344 e. The van der Waals surface area contributed by atoms with Crippen molar-refractivity contribution in [1.29, 1.82) is 0 Å². The van der Waals surface area contributed by atoms with Crippen LogP contribution in [0.4, 0.5) is 0 Å². The van der Waals surface area contributed by atoms with Gasteiger partial charge in [0.1, 0.15) is 11.5 Å². The summed E-state index contributed by atoms with van der Waals surface area (Å²) in [6, 6.07) is 22.5. The fourth-order valence-electron chi connectivity index (χ4n) is 4.50. The van der Waals surface area contributed by atoms with E-state index >= 15 is 0 Å². The predicted molar refractivity (Wildman–Crippen MR) is 169 cm³/mol. The first-order valence-electron chi connectivity index (χ1n) is 14.1. The zero-order valence-electron chi connectivity index (χ0n) is 25.0. The highest BCUT2D eigenvalue weighted by molar-refractivity contribution is 6.30. The van der Waals surface area contributed by atoms with Gasteiger partial charge in [0, 0.05) is 23.0 Å². The van der Waals surface area contributed by atoms with Crippen molar-refractivity contribution in [2.45, 2.75) is 51.7 Å². The molecular weight excluding hydrogens is 593 g/mol. The number of aliphatic hydroxyl groups excluding tert-OH is 1. The van der Waals surface area contributed by atoms with Gasteiger partial charge in [-0.25, -0.2) is 9.59 Å². The molecule has 3 aromatic rings. The molecule has 0 saturated carbocycles. The van der Waals surface area contributed by atoms with Gasteiger partial charge in [-0.15, -0.1) is 12.4 Å². The Kier molecular flexibility index (Phi) is 14.8. The standard InChI is InChI=1S/C33H40ClNO7.ClH/c1-5-39-31(37)21-41-27-14-10-23(11-15-27)29(24-12-16-28(17-13-24)42-22-32(38)40-6-2)19-33(3,4)35-20-30(36)25-8-7-9-26(34)18-25;/h7-18,29-30,35-36H,5-6,19-22H2,1-4H3;1H/t30-;/m0./s1. The molecule has 0 fully saturated rings. The van der Waals surface area contributed by atoms with Gasteiger partial charge < -0.3 is 29.4 Å². The van der Waals surface area contributed by atoms with Crippen LogP contribution in [-0.2, 0) is 19.1 Å². The number of rotatable bonds is 16. The molecule has 43 heavy (non-hydrogen) atoms. The second-order valence-corrected chi connectivity index (χ2v) is 10.9. The molecule has 234 valence electrons. The summed E-state index contributed by atoms with van der Waals surface area (Å²) < 4.78 is 21.0. The van der Waals surface area contributed by atoms with Crippen molar-refractivity contribution in [3.63, 3.8) is 0 Å². The Bertz CT molecular complexity index is 1220. The smallest absolute Gasteiger partial charge is 0.344 e. The van der Waals surface area contributed by atoms with Crippen LogP contribution in [0.3, 0.4) is 0 Å². The van der Waals surface area contributed by atoms with Gasteiger partial charge in [-0.05, 0) is 87.2 Å². The fraction of sp³-hybridized carbons (Fsp3) is 0.394. The number of esters is 2. The van der Waals surface area contributed by atoms with Gasteiger partial charge in [-0.1, -0.05) is 48.0 Å². The molecule has 8 nitrogen and oxygen atoms in total. The number of hydrogen-bond acceptors (Lipinski definition) is 8. The van der Waals surface area contributed by atoms with Crippen LogP contribution < -0.4 is 14.8 Å². The lowest BCUT2D eigenvalue weighted by Crippen LogP contribution is -2.42. The Hall–Kier alpha value is -3.30. The summed E-state index contributed by atoms with van der Waals surface area (Å²) in [5.41, 5.74) is 2.47. The minimum absolute atomic E-state index is 0. The molecule has 3 aromatic carbocycles. The van der Waals surface area contributed by atoms with Crippen LogP contribution in [0.25, 0.3) is 0 Å². The lowest BCUT2D eigenvalue weighted by Gasteiger charge is -2.33. The second-order valence-electron chi connectivity index (χ2n) is 10.4. The van der Waals surface area contributed by atoms with Crippen LogP contribution in [-0.4, -0.2) is 55.6 Å². The van der Waals surface area contributed by atoms with Crippen LogP contribution in [0.2, 0.25) is 5.02 Å². The molecule has 2 N–H and O–H groups in total. The van der Waals surface area contributed by atoms with Crippen molar-refractivity contribution >= 4 is 35.9 Å². The van der Waals surface area contributed by atoms with E-state index < -0.39 is 18.0 Å². The monoisotopic (exact) mass is 633 g/mol. The highest BCUT2D eigenvalue weighted by Gasteiger charge is 2.27. The number of nitrogens with one attached hydrogen (secondary N) is 1. The number of β-amino-alcohol motifs (C(OH)–C–C–N with tert-alkyl or cyclic N) is 1. The Morgan fingerprint density at radius 2 is 1.30 bits per heavy atom. The minimum Gasteiger partial charge on any atom is -0.482 e. The molecule has 0 heterocycles. The zero-order valence-corrected chi connectivity index (χ0v) is 26.6. The SMILES string of the molecule is CCOC(=O)COc1ccc(C(CC(C)(C)NC[C@H](O)c2cccc(Cl)c2)c2ccc(OCC(=O)OCC)cc2)cc1.Cl. The average molecular weight is 635 g/mol. The summed E-state index contributed by atoms with van der Waals surface area (Å²) in [6.07, 6.45) is -0.0190. The van der Waals surface area contributed by atoms with Crippen molar-refractivity contribution < 1.29 is 33.6 Å². The molecule has 0 unspecified atom stereocenters. The summed E-state index contributed by atoms with van der Waals surface area (Å²) in [4.78, 5) is 23.4. The van der Waals surface area contributed by atoms with Gasteiger partial charge in [0.15, 0.2) is 13.2 Å². The van der Waals surface area contributed by atoms with E-state index in [-0.39, 0.29) is 37.1 Å². The van der Waals surface area contributed by atoms with Crippen molar-refractivity contribution in [1.82, 2.24) is 5.32 Å². The molecule has 0 radical (unpaired) electrons. The van der Waals surface area contributed by atoms with Crippen LogP contribution >= 0.6 is 24.0 Å². The number of aliphatic hydroxyl groups is 1. The molecule has 0 aliphatic rings. The number of hydrogen-bond donors (Lipinski definition) is 2. The normalized spacial score (nSPS) is 11.8. The third-order valence-corrected chi connectivity index (χ3v) is 6.85. The van der Waals surface area contributed by atoms with Gasteiger partial charge in [-0.3, -0.25) is 0 Å². The third-order valence-electron chi connectivity index (χ3n) is 6.61. The average Bonchev–Trinajstić information content (AvgIpc) is 2.97. The van der Waals surface area contributed by atoms with Crippen molar-refractivity contribution in [2.24, 2.45) is 0 Å². The Labute approximate surface area is 265 Å². The maximum atomic E-state index is 11.7. The van der Waals surface area contributed by atoms with Gasteiger partial charge in [-0.2, -0.15) is 0 Å². The van der Waals surface area contributed by atoms with E-state index in [4.69, 9.17) is 30.5 Å². The lowest BCUT2D eigenvalue weighted by atomic mass is 9.81. The molecule has 0 aliphatic carbocycles. The van der Waals surface area contributed by atoms with E-state index in [1.807, 2.05) is 60.7 Å². The van der Waals surface area contributed by atoms with E-state index in [1.54, 1.807) is 26.0 Å². The maximum absolute atomic E-state index is 11.7. The van der Waals surface area contributed by atoms with Gasteiger partial charge in [0.05, 0.1) is 19.3 Å². The van der Waals surface area contributed by atoms with E-state index in [0.29, 0.717) is 42.7 Å².